The average Bonchev–Trinajstić information content (AvgIpc) is 3.26. The molecule has 28 heavy (non-hydrogen) atoms. The molecule has 0 atom stereocenters. The van der Waals surface area contributed by atoms with Crippen LogP contribution < -0.4 is 10.2 Å². The Morgan fingerprint density at radius 1 is 1.04 bits per heavy atom. The maximum atomic E-state index is 12.2. The number of ether oxygens (including phenoxy) is 1. The Hall–Kier alpha value is -2.45. The van der Waals surface area contributed by atoms with Gasteiger partial charge in [-0.1, -0.05) is 5.16 Å². The number of aromatic nitrogens is 2. The fourth-order valence-electron chi connectivity index (χ4n) is 3.63. The topological polar surface area (TPSA) is 83.7 Å². The van der Waals surface area contributed by atoms with Crippen LogP contribution in [0, 0.1) is 0 Å². The Labute approximate surface area is 164 Å². The quantitative estimate of drug-likeness (QED) is 0.811. The first-order valence-corrected chi connectivity index (χ1v) is 10.1. The van der Waals surface area contributed by atoms with Gasteiger partial charge in [-0.2, -0.15) is 4.98 Å². The van der Waals surface area contributed by atoms with E-state index in [0.717, 1.165) is 51.5 Å². The number of benzene rings is 1. The van der Waals surface area contributed by atoms with Gasteiger partial charge < -0.3 is 19.5 Å². The second kappa shape index (κ2) is 9.16. The van der Waals surface area contributed by atoms with Gasteiger partial charge in [0.25, 0.3) is 0 Å². The lowest BCUT2D eigenvalue weighted by molar-refractivity contribution is 0.0382. The van der Waals surface area contributed by atoms with Crippen molar-refractivity contribution >= 4 is 11.6 Å². The van der Waals surface area contributed by atoms with E-state index in [2.05, 4.69) is 37.4 Å². The van der Waals surface area contributed by atoms with Crippen LogP contribution in [0.25, 0.3) is 11.4 Å². The van der Waals surface area contributed by atoms with Gasteiger partial charge >= 0.3 is 11.8 Å². The van der Waals surface area contributed by atoms with Crippen LogP contribution in [0.1, 0.15) is 29.9 Å². The number of nitrogens with zero attached hydrogens (tertiary/aromatic N) is 4. The molecule has 1 N–H and O–H groups in total. The second-order valence-corrected chi connectivity index (χ2v) is 7.23. The maximum absolute atomic E-state index is 12.2. The minimum atomic E-state index is -0.336. The van der Waals surface area contributed by atoms with Crippen LogP contribution in [0.15, 0.2) is 28.8 Å². The minimum Gasteiger partial charge on any atom is -0.379 e. The molecule has 2 aliphatic rings. The molecule has 0 spiro atoms. The van der Waals surface area contributed by atoms with Gasteiger partial charge in [0.15, 0.2) is 0 Å². The van der Waals surface area contributed by atoms with Crippen LogP contribution in [0.3, 0.4) is 0 Å². The first kappa shape index (κ1) is 18.9. The van der Waals surface area contributed by atoms with Gasteiger partial charge in [-0.25, -0.2) is 0 Å². The summed E-state index contributed by atoms with van der Waals surface area (Å²) in [6, 6.07) is 8.13. The van der Waals surface area contributed by atoms with E-state index in [9.17, 15) is 4.79 Å². The van der Waals surface area contributed by atoms with Crippen LogP contribution >= 0.6 is 0 Å². The van der Waals surface area contributed by atoms with Gasteiger partial charge in [0, 0.05) is 50.5 Å². The molecule has 0 radical (unpaired) electrons. The number of hydrogen-bond donors (Lipinski definition) is 1. The van der Waals surface area contributed by atoms with E-state index in [1.165, 1.54) is 24.9 Å². The highest BCUT2D eigenvalue weighted by molar-refractivity contribution is 5.89. The number of morpholine rings is 1. The molecule has 2 saturated heterocycles. The molecule has 0 bridgehead atoms. The Balaban J connectivity index is 1.31. The molecule has 0 aliphatic carbocycles. The predicted octanol–water partition coefficient (Wildman–Crippen LogP) is 1.79. The predicted molar refractivity (Wildman–Crippen MR) is 105 cm³/mol. The Bertz CT molecular complexity index is 764. The fourth-order valence-corrected chi connectivity index (χ4v) is 3.63. The fraction of sp³-hybridized carbons (Fsp3) is 0.550. The Kier molecular flexibility index (Phi) is 6.18. The molecule has 2 aliphatic heterocycles. The van der Waals surface area contributed by atoms with Crippen molar-refractivity contribution in [3.05, 3.63) is 30.2 Å². The summed E-state index contributed by atoms with van der Waals surface area (Å²) in [5.74, 6) is 0.0950. The third-order valence-corrected chi connectivity index (χ3v) is 5.28. The van der Waals surface area contributed by atoms with E-state index in [4.69, 9.17) is 9.26 Å². The molecule has 3 heterocycles. The van der Waals surface area contributed by atoms with Gasteiger partial charge in [0.1, 0.15) is 0 Å². The lowest BCUT2D eigenvalue weighted by atomic mass is 10.1. The van der Waals surface area contributed by atoms with Crippen molar-refractivity contribution in [3.8, 4) is 11.4 Å². The van der Waals surface area contributed by atoms with Gasteiger partial charge in [0.2, 0.25) is 5.82 Å². The highest BCUT2D eigenvalue weighted by Crippen LogP contribution is 2.23. The van der Waals surface area contributed by atoms with Crippen molar-refractivity contribution in [2.24, 2.45) is 0 Å². The van der Waals surface area contributed by atoms with Crippen molar-refractivity contribution in [1.82, 2.24) is 20.4 Å². The van der Waals surface area contributed by atoms with Crippen LogP contribution in [0.5, 0.6) is 0 Å². The number of amides is 1. The summed E-state index contributed by atoms with van der Waals surface area (Å²) in [5, 5.41) is 6.80. The second-order valence-electron chi connectivity index (χ2n) is 7.23. The lowest BCUT2D eigenvalue weighted by Gasteiger charge is -2.28. The number of piperidine rings is 1. The van der Waals surface area contributed by atoms with Gasteiger partial charge in [0.05, 0.1) is 13.2 Å². The Morgan fingerprint density at radius 2 is 1.79 bits per heavy atom. The zero-order valence-electron chi connectivity index (χ0n) is 16.1. The van der Waals surface area contributed by atoms with E-state index in [-0.39, 0.29) is 11.8 Å². The summed E-state index contributed by atoms with van der Waals surface area (Å²) < 4.78 is 10.5. The summed E-state index contributed by atoms with van der Waals surface area (Å²) in [5.41, 5.74) is 2.06. The summed E-state index contributed by atoms with van der Waals surface area (Å²) >= 11 is 0. The molecule has 8 nitrogen and oxygen atoms in total. The van der Waals surface area contributed by atoms with E-state index < -0.39 is 0 Å². The zero-order valence-corrected chi connectivity index (χ0v) is 16.1. The molecule has 8 heteroatoms. The highest BCUT2D eigenvalue weighted by Gasteiger charge is 2.17. The number of nitrogens with one attached hydrogen (secondary N) is 1. The summed E-state index contributed by atoms with van der Waals surface area (Å²) in [7, 11) is 0. The van der Waals surface area contributed by atoms with Crippen LogP contribution in [0.2, 0.25) is 0 Å². The molecule has 2 aromatic rings. The zero-order chi connectivity index (χ0) is 19.2. The van der Waals surface area contributed by atoms with Gasteiger partial charge in [-0.3, -0.25) is 9.69 Å². The monoisotopic (exact) mass is 385 g/mol. The van der Waals surface area contributed by atoms with E-state index in [1.54, 1.807) is 0 Å². The average molecular weight is 385 g/mol. The Morgan fingerprint density at radius 3 is 2.54 bits per heavy atom. The number of hydrogen-bond acceptors (Lipinski definition) is 7. The highest BCUT2D eigenvalue weighted by atomic mass is 16.5. The molecule has 1 aromatic carbocycles. The van der Waals surface area contributed by atoms with E-state index in [1.807, 2.05) is 12.1 Å². The molecule has 0 saturated carbocycles. The number of rotatable bonds is 6. The summed E-state index contributed by atoms with van der Waals surface area (Å²) in [4.78, 5) is 21.1. The van der Waals surface area contributed by atoms with Crippen molar-refractivity contribution in [2.75, 3.05) is 57.4 Å². The first-order chi connectivity index (χ1) is 13.8. The molecule has 4 rings (SSSR count). The van der Waals surface area contributed by atoms with Crippen molar-refractivity contribution in [2.45, 2.75) is 19.3 Å². The lowest BCUT2D eigenvalue weighted by Crippen LogP contribution is -2.41. The molecule has 1 aromatic heterocycles. The molecule has 150 valence electrons. The smallest absolute Gasteiger partial charge is 0.316 e. The van der Waals surface area contributed by atoms with E-state index in [0.29, 0.717) is 12.4 Å². The maximum Gasteiger partial charge on any atom is 0.316 e. The van der Waals surface area contributed by atoms with E-state index >= 15 is 0 Å². The molecule has 1 amide bonds. The van der Waals surface area contributed by atoms with Crippen LogP contribution in [0.4, 0.5) is 5.69 Å². The largest absolute Gasteiger partial charge is 0.379 e. The van der Waals surface area contributed by atoms with Crippen LogP contribution in [-0.2, 0) is 4.74 Å². The first-order valence-electron chi connectivity index (χ1n) is 10.1. The van der Waals surface area contributed by atoms with Crippen molar-refractivity contribution in [3.63, 3.8) is 0 Å². The van der Waals surface area contributed by atoms with Crippen LogP contribution in [-0.4, -0.2) is 73.4 Å². The SMILES string of the molecule is O=C(NCCN1CCOCC1)c1nc(-c2ccc(N3CCCCC3)cc2)no1. The number of carbonyl (C=O) groups is 1. The molecule has 0 unspecified atom stereocenters. The number of anilines is 1. The minimum absolute atomic E-state index is 0.00270. The normalized spacial score (nSPS) is 18.2. The molecular weight excluding hydrogens is 358 g/mol. The van der Waals surface area contributed by atoms with Crippen molar-refractivity contribution < 1.29 is 14.1 Å². The standard InChI is InChI=1S/C20H27N5O3/c26-19(21-8-11-24-12-14-27-15-13-24)20-22-18(23-28-20)16-4-6-17(7-5-16)25-9-2-1-3-10-25/h4-7H,1-3,8-15H2,(H,21,26). The summed E-state index contributed by atoms with van der Waals surface area (Å²) in [6.07, 6.45) is 3.81. The van der Waals surface area contributed by atoms with Gasteiger partial charge in [-0.05, 0) is 43.5 Å². The summed E-state index contributed by atoms with van der Waals surface area (Å²) in [6.45, 7) is 6.83. The molecule has 2 fully saturated rings. The van der Waals surface area contributed by atoms with Crippen molar-refractivity contribution in [1.29, 1.82) is 0 Å². The number of carbonyl (C=O) groups excluding carboxylic acids is 1. The third-order valence-electron chi connectivity index (χ3n) is 5.28. The third kappa shape index (κ3) is 4.69. The van der Waals surface area contributed by atoms with Gasteiger partial charge in [-0.15, -0.1) is 0 Å². The molecular formula is C20H27N5O3.